The molecule has 21 heavy (non-hydrogen) atoms. The summed E-state index contributed by atoms with van der Waals surface area (Å²) in [6.07, 6.45) is 5.62. The van der Waals surface area contributed by atoms with Gasteiger partial charge in [-0.1, -0.05) is 25.1 Å². The third-order valence-corrected chi connectivity index (χ3v) is 3.10. The van der Waals surface area contributed by atoms with Crippen molar-refractivity contribution >= 4 is 23.1 Å². The Balaban J connectivity index is 2.81. The highest BCUT2D eigenvalue weighted by Crippen LogP contribution is 2.28. The van der Waals surface area contributed by atoms with E-state index in [0.717, 1.165) is 29.9 Å². The monoisotopic (exact) mass is 309 g/mol. The van der Waals surface area contributed by atoms with Gasteiger partial charge in [0, 0.05) is 0 Å². The normalized spacial score (nSPS) is 11.9. The highest BCUT2D eigenvalue weighted by Gasteiger charge is 2.05. The predicted molar refractivity (Wildman–Crippen MR) is 90.7 cm³/mol. The quantitative estimate of drug-likeness (QED) is 0.346. The SMILES string of the molecule is CCCCOc1ccc(/C=N\N=C(/N)SC)cc1OCC. The highest BCUT2D eigenvalue weighted by atomic mass is 32.2. The number of benzene rings is 1. The molecule has 1 aromatic rings. The third-order valence-electron chi connectivity index (χ3n) is 2.60. The van der Waals surface area contributed by atoms with Crippen molar-refractivity contribution in [1.82, 2.24) is 0 Å². The summed E-state index contributed by atoms with van der Waals surface area (Å²) < 4.78 is 11.3. The third kappa shape index (κ3) is 6.53. The van der Waals surface area contributed by atoms with E-state index in [4.69, 9.17) is 15.2 Å². The van der Waals surface area contributed by atoms with Crippen LogP contribution in [0.3, 0.4) is 0 Å². The Bertz CT molecular complexity index is 490. The number of hydrogen-bond donors (Lipinski definition) is 1. The van der Waals surface area contributed by atoms with Crippen LogP contribution >= 0.6 is 11.8 Å². The van der Waals surface area contributed by atoms with Gasteiger partial charge >= 0.3 is 0 Å². The van der Waals surface area contributed by atoms with Gasteiger partial charge in [0.25, 0.3) is 0 Å². The lowest BCUT2D eigenvalue weighted by atomic mass is 10.2. The first-order chi connectivity index (χ1) is 10.2. The molecule has 1 aromatic carbocycles. The second-order valence-corrected chi connectivity index (χ2v) is 5.05. The molecule has 2 N–H and O–H groups in total. The predicted octanol–water partition coefficient (Wildman–Crippen LogP) is 3.28. The molecule has 0 amide bonds. The van der Waals surface area contributed by atoms with Crippen LogP contribution in [0.2, 0.25) is 0 Å². The summed E-state index contributed by atoms with van der Waals surface area (Å²) in [4.78, 5) is 0. The number of amidine groups is 1. The van der Waals surface area contributed by atoms with Gasteiger partial charge in [-0.3, -0.25) is 0 Å². The summed E-state index contributed by atoms with van der Waals surface area (Å²) in [5.74, 6) is 1.48. The van der Waals surface area contributed by atoms with Gasteiger partial charge in [0.05, 0.1) is 19.4 Å². The van der Waals surface area contributed by atoms with Crippen molar-refractivity contribution in [3.05, 3.63) is 23.8 Å². The lowest BCUT2D eigenvalue weighted by Crippen LogP contribution is -2.04. The van der Waals surface area contributed by atoms with Crippen LogP contribution in [0.4, 0.5) is 0 Å². The molecule has 0 aliphatic carbocycles. The summed E-state index contributed by atoms with van der Waals surface area (Å²) in [5, 5.41) is 8.22. The van der Waals surface area contributed by atoms with Crippen molar-refractivity contribution in [2.24, 2.45) is 15.9 Å². The standard InChI is InChI=1S/C15H23N3O2S/c1-4-6-9-20-13-8-7-12(10-14(13)19-5-2)11-17-18-15(16)21-3/h7-8,10-11H,4-6,9H2,1-3H3,(H2,16,18)/b17-11-. The van der Waals surface area contributed by atoms with E-state index in [1.54, 1.807) is 6.21 Å². The zero-order valence-corrected chi connectivity index (χ0v) is 13.7. The molecule has 5 nitrogen and oxygen atoms in total. The molecule has 0 aromatic heterocycles. The molecule has 0 fully saturated rings. The second-order valence-electron chi connectivity index (χ2n) is 4.23. The maximum absolute atomic E-state index is 5.72. The molecule has 0 unspecified atom stereocenters. The van der Waals surface area contributed by atoms with Gasteiger partial charge in [0.15, 0.2) is 16.7 Å². The van der Waals surface area contributed by atoms with Gasteiger partial charge in [0.2, 0.25) is 0 Å². The lowest BCUT2D eigenvalue weighted by molar-refractivity contribution is 0.272. The summed E-state index contributed by atoms with van der Waals surface area (Å²) >= 11 is 1.35. The highest BCUT2D eigenvalue weighted by molar-refractivity contribution is 8.13. The van der Waals surface area contributed by atoms with E-state index < -0.39 is 0 Å². The molecule has 0 aliphatic rings. The van der Waals surface area contributed by atoms with Crippen LogP contribution in [-0.4, -0.2) is 30.9 Å². The zero-order valence-electron chi connectivity index (χ0n) is 12.8. The Morgan fingerprint density at radius 1 is 1.29 bits per heavy atom. The molecule has 0 atom stereocenters. The van der Waals surface area contributed by atoms with Crippen LogP contribution in [0.15, 0.2) is 28.4 Å². The fourth-order valence-corrected chi connectivity index (χ4v) is 1.64. The summed E-state index contributed by atoms with van der Waals surface area (Å²) in [6.45, 7) is 5.36. The van der Waals surface area contributed by atoms with E-state index in [1.807, 2.05) is 31.4 Å². The van der Waals surface area contributed by atoms with Crippen LogP contribution in [0.25, 0.3) is 0 Å². The summed E-state index contributed by atoms with van der Waals surface area (Å²) in [6, 6.07) is 5.70. The molecule has 6 heteroatoms. The van der Waals surface area contributed by atoms with Gasteiger partial charge < -0.3 is 15.2 Å². The fourth-order valence-electron chi connectivity index (χ4n) is 1.51. The first-order valence-electron chi connectivity index (χ1n) is 7.01. The average molecular weight is 309 g/mol. The summed E-state index contributed by atoms with van der Waals surface area (Å²) in [7, 11) is 0. The Hall–Kier alpha value is -1.69. The maximum Gasteiger partial charge on any atom is 0.180 e. The topological polar surface area (TPSA) is 69.2 Å². The minimum Gasteiger partial charge on any atom is -0.490 e. The minimum atomic E-state index is 0.427. The summed E-state index contributed by atoms with van der Waals surface area (Å²) in [5.41, 5.74) is 6.45. The average Bonchev–Trinajstić information content (AvgIpc) is 2.49. The van der Waals surface area contributed by atoms with E-state index in [1.165, 1.54) is 11.8 Å². The fraction of sp³-hybridized carbons (Fsp3) is 0.467. The number of hydrogen-bond acceptors (Lipinski definition) is 5. The molecule has 0 saturated carbocycles. The number of rotatable bonds is 8. The van der Waals surface area contributed by atoms with Crippen molar-refractivity contribution in [1.29, 1.82) is 0 Å². The number of thioether (sulfide) groups is 1. The lowest BCUT2D eigenvalue weighted by Gasteiger charge is -2.12. The molecule has 0 aliphatic heterocycles. The molecular weight excluding hydrogens is 286 g/mol. The molecule has 0 radical (unpaired) electrons. The number of unbranched alkanes of at least 4 members (excludes halogenated alkanes) is 1. The van der Waals surface area contributed by atoms with E-state index in [9.17, 15) is 0 Å². The van der Waals surface area contributed by atoms with E-state index >= 15 is 0 Å². The van der Waals surface area contributed by atoms with Gasteiger partial charge in [-0.05, 0) is 43.4 Å². The number of nitrogens with zero attached hydrogens (tertiary/aromatic N) is 2. The van der Waals surface area contributed by atoms with Crippen molar-refractivity contribution in [2.45, 2.75) is 26.7 Å². The Kier molecular flexibility index (Phi) is 8.35. The first-order valence-corrected chi connectivity index (χ1v) is 8.23. The van der Waals surface area contributed by atoms with Crippen LogP contribution in [0.1, 0.15) is 32.3 Å². The largest absolute Gasteiger partial charge is 0.490 e. The van der Waals surface area contributed by atoms with Crippen LogP contribution in [0, 0.1) is 0 Å². The van der Waals surface area contributed by atoms with Crippen LogP contribution < -0.4 is 15.2 Å². The molecule has 1 rings (SSSR count). The molecule has 0 heterocycles. The van der Waals surface area contributed by atoms with Gasteiger partial charge in [0.1, 0.15) is 0 Å². The Morgan fingerprint density at radius 3 is 2.76 bits per heavy atom. The van der Waals surface area contributed by atoms with Crippen molar-refractivity contribution < 1.29 is 9.47 Å². The maximum atomic E-state index is 5.72. The van der Waals surface area contributed by atoms with Crippen LogP contribution in [-0.2, 0) is 0 Å². The molecule has 0 bridgehead atoms. The van der Waals surface area contributed by atoms with Crippen LogP contribution in [0.5, 0.6) is 11.5 Å². The van der Waals surface area contributed by atoms with Crippen molar-refractivity contribution in [3.8, 4) is 11.5 Å². The molecule has 116 valence electrons. The second kappa shape index (κ2) is 10.1. The molecule has 0 saturated heterocycles. The zero-order chi connectivity index (χ0) is 15.5. The van der Waals surface area contributed by atoms with E-state index in [0.29, 0.717) is 18.4 Å². The minimum absolute atomic E-state index is 0.427. The molecule has 0 spiro atoms. The Labute approximate surface area is 130 Å². The molecular formula is C15H23N3O2S. The van der Waals surface area contributed by atoms with Gasteiger partial charge in [-0.15, -0.1) is 5.10 Å². The number of nitrogens with two attached hydrogens (primary N) is 1. The van der Waals surface area contributed by atoms with Gasteiger partial charge in [-0.25, -0.2) is 0 Å². The van der Waals surface area contributed by atoms with E-state index in [2.05, 4.69) is 17.1 Å². The number of ether oxygens (including phenoxy) is 2. The Morgan fingerprint density at radius 2 is 2.10 bits per heavy atom. The van der Waals surface area contributed by atoms with Gasteiger partial charge in [-0.2, -0.15) is 5.10 Å². The van der Waals surface area contributed by atoms with Crippen molar-refractivity contribution in [3.63, 3.8) is 0 Å². The van der Waals surface area contributed by atoms with Crippen molar-refractivity contribution in [2.75, 3.05) is 19.5 Å². The first kappa shape index (κ1) is 17.4. The van der Waals surface area contributed by atoms with E-state index in [-0.39, 0.29) is 0 Å². The smallest absolute Gasteiger partial charge is 0.180 e.